The van der Waals surface area contributed by atoms with Gasteiger partial charge >= 0.3 is 0 Å². The minimum atomic E-state index is -0.428. The summed E-state index contributed by atoms with van der Waals surface area (Å²) in [6, 6.07) is 12.8. The zero-order valence-corrected chi connectivity index (χ0v) is 15.4. The lowest BCUT2D eigenvalue weighted by atomic mass is 10.2. The lowest BCUT2D eigenvalue weighted by Gasteiger charge is -2.22. The van der Waals surface area contributed by atoms with Crippen LogP contribution in [-0.4, -0.2) is 54.4 Å². The molecule has 0 N–H and O–H groups in total. The molecule has 0 radical (unpaired) electrons. The van der Waals surface area contributed by atoms with Gasteiger partial charge < -0.3 is 14.5 Å². The molecule has 0 aliphatic carbocycles. The van der Waals surface area contributed by atoms with Gasteiger partial charge in [-0.15, -0.1) is 0 Å². The van der Waals surface area contributed by atoms with Crippen LogP contribution >= 0.6 is 0 Å². The van der Waals surface area contributed by atoms with Gasteiger partial charge in [-0.25, -0.2) is 4.39 Å². The maximum absolute atomic E-state index is 13.4. The van der Waals surface area contributed by atoms with E-state index in [2.05, 4.69) is 0 Å². The molecule has 0 atom stereocenters. The summed E-state index contributed by atoms with van der Waals surface area (Å²) in [7, 11) is 0. The summed E-state index contributed by atoms with van der Waals surface area (Å²) in [5, 5.41) is 0. The van der Waals surface area contributed by atoms with Crippen molar-refractivity contribution in [3.63, 3.8) is 0 Å². The van der Waals surface area contributed by atoms with Crippen LogP contribution < -0.4 is 4.74 Å². The van der Waals surface area contributed by atoms with Crippen LogP contribution in [0, 0.1) is 5.82 Å². The summed E-state index contributed by atoms with van der Waals surface area (Å²) >= 11 is 0. The molecule has 0 spiro atoms. The zero-order valence-electron chi connectivity index (χ0n) is 15.4. The number of halogens is 1. The van der Waals surface area contributed by atoms with Crippen molar-refractivity contribution in [2.45, 2.75) is 13.3 Å². The summed E-state index contributed by atoms with van der Waals surface area (Å²) < 4.78 is 18.8. The molecule has 6 heteroatoms. The number of rotatable bonds is 4. The third-order valence-corrected chi connectivity index (χ3v) is 4.55. The lowest BCUT2D eigenvalue weighted by Crippen LogP contribution is -2.37. The second-order valence-corrected chi connectivity index (χ2v) is 6.41. The number of benzene rings is 2. The Hall–Kier alpha value is -2.89. The Morgan fingerprint density at radius 1 is 0.926 bits per heavy atom. The molecular formula is C21H23FN2O3. The van der Waals surface area contributed by atoms with Gasteiger partial charge in [0.05, 0.1) is 6.61 Å². The van der Waals surface area contributed by atoms with Crippen molar-refractivity contribution in [3.05, 3.63) is 65.5 Å². The smallest absolute Gasteiger partial charge is 0.254 e. The second kappa shape index (κ2) is 8.66. The standard InChI is InChI=1S/C21H23FN2O3/c1-2-27-19-9-7-16(8-10-19)20(25)23-11-4-12-24(14-13-23)21(26)17-5-3-6-18(22)15-17/h3,5-10,15H,2,4,11-14H2,1H3. The number of amides is 2. The molecule has 3 rings (SSSR count). The fourth-order valence-corrected chi connectivity index (χ4v) is 3.17. The third kappa shape index (κ3) is 4.64. The van der Waals surface area contributed by atoms with E-state index < -0.39 is 5.82 Å². The van der Waals surface area contributed by atoms with E-state index in [1.54, 1.807) is 40.1 Å². The second-order valence-electron chi connectivity index (χ2n) is 6.41. The maximum Gasteiger partial charge on any atom is 0.254 e. The van der Waals surface area contributed by atoms with Crippen molar-refractivity contribution in [2.24, 2.45) is 0 Å². The normalized spacial score (nSPS) is 14.6. The van der Waals surface area contributed by atoms with Gasteiger partial charge in [0.2, 0.25) is 0 Å². The molecule has 0 saturated carbocycles. The molecule has 1 fully saturated rings. The van der Waals surface area contributed by atoms with Crippen molar-refractivity contribution in [3.8, 4) is 5.75 Å². The van der Waals surface area contributed by atoms with Crippen molar-refractivity contribution in [1.82, 2.24) is 9.80 Å². The highest BCUT2D eigenvalue weighted by Crippen LogP contribution is 2.16. The first kappa shape index (κ1) is 18.9. The van der Waals surface area contributed by atoms with E-state index in [0.29, 0.717) is 50.3 Å². The summed E-state index contributed by atoms with van der Waals surface area (Å²) in [6.45, 7) is 4.49. The molecule has 0 bridgehead atoms. The quantitative estimate of drug-likeness (QED) is 0.830. The van der Waals surface area contributed by atoms with E-state index in [9.17, 15) is 14.0 Å². The maximum atomic E-state index is 13.4. The van der Waals surface area contributed by atoms with Gasteiger partial charge in [0.15, 0.2) is 0 Å². The van der Waals surface area contributed by atoms with E-state index in [1.165, 1.54) is 18.2 Å². The first-order valence-electron chi connectivity index (χ1n) is 9.15. The van der Waals surface area contributed by atoms with Gasteiger partial charge in [0, 0.05) is 37.3 Å². The minimum Gasteiger partial charge on any atom is -0.494 e. The molecule has 2 aromatic rings. The number of ether oxygens (including phenoxy) is 1. The van der Waals surface area contributed by atoms with Crippen LogP contribution in [0.1, 0.15) is 34.1 Å². The molecule has 1 heterocycles. The fraction of sp³-hybridized carbons (Fsp3) is 0.333. The molecule has 0 aromatic heterocycles. The molecule has 5 nitrogen and oxygen atoms in total. The van der Waals surface area contributed by atoms with Gasteiger partial charge in [-0.05, 0) is 55.8 Å². The summed E-state index contributed by atoms with van der Waals surface area (Å²) in [6.07, 6.45) is 0.684. The Bertz CT molecular complexity index is 807. The Balaban J connectivity index is 1.63. The SMILES string of the molecule is CCOc1ccc(C(=O)N2CCCN(C(=O)c3cccc(F)c3)CC2)cc1. The van der Waals surface area contributed by atoms with E-state index in [4.69, 9.17) is 4.74 Å². The van der Waals surface area contributed by atoms with Crippen molar-refractivity contribution < 1.29 is 18.7 Å². The van der Waals surface area contributed by atoms with Gasteiger partial charge in [0.25, 0.3) is 11.8 Å². The largest absolute Gasteiger partial charge is 0.494 e. The Morgan fingerprint density at radius 2 is 1.56 bits per heavy atom. The van der Waals surface area contributed by atoms with Crippen LogP contribution in [0.5, 0.6) is 5.75 Å². The van der Waals surface area contributed by atoms with Crippen LogP contribution in [0.4, 0.5) is 4.39 Å². The highest BCUT2D eigenvalue weighted by atomic mass is 19.1. The first-order chi connectivity index (χ1) is 13.1. The number of carbonyl (C=O) groups excluding carboxylic acids is 2. The molecule has 2 aromatic carbocycles. The van der Waals surface area contributed by atoms with Crippen LogP contribution in [0.2, 0.25) is 0 Å². The molecule has 0 unspecified atom stereocenters. The van der Waals surface area contributed by atoms with Gasteiger partial charge in [-0.1, -0.05) is 6.07 Å². The third-order valence-electron chi connectivity index (χ3n) is 4.55. The van der Waals surface area contributed by atoms with E-state index in [0.717, 1.165) is 5.75 Å². The monoisotopic (exact) mass is 370 g/mol. The molecule has 1 aliphatic heterocycles. The molecule has 1 aliphatic rings. The topological polar surface area (TPSA) is 49.9 Å². The van der Waals surface area contributed by atoms with E-state index in [1.807, 2.05) is 6.92 Å². The number of hydrogen-bond donors (Lipinski definition) is 0. The van der Waals surface area contributed by atoms with Crippen LogP contribution in [0.15, 0.2) is 48.5 Å². The first-order valence-corrected chi connectivity index (χ1v) is 9.15. The van der Waals surface area contributed by atoms with Crippen LogP contribution in [-0.2, 0) is 0 Å². The van der Waals surface area contributed by atoms with Gasteiger partial charge in [-0.3, -0.25) is 9.59 Å². The fourth-order valence-electron chi connectivity index (χ4n) is 3.17. The number of carbonyl (C=O) groups is 2. The lowest BCUT2D eigenvalue weighted by molar-refractivity contribution is 0.0718. The Morgan fingerprint density at radius 3 is 2.15 bits per heavy atom. The summed E-state index contributed by atoms with van der Waals surface area (Å²) in [5.41, 5.74) is 0.935. The van der Waals surface area contributed by atoms with Crippen LogP contribution in [0.25, 0.3) is 0 Å². The predicted molar refractivity (Wildman–Crippen MR) is 100 cm³/mol. The van der Waals surface area contributed by atoms with E-state index in [-0.39, 0.29) is 11.8 Å². The van der Waals surface area contributed by atoms with Gasteiger partial charge in [-0.2, -0.15) is 0 Å². The highest BCUT2D eigenvalue weighted by Gasteiger charge is 2.23. The van der Waals surface area contributed by atoms with Crippen LogP contribution in [0.3, 0.4) is 0 Å². The average Bonchev–Trinajstić information content (AvgIpc) is 2.94. The van der Waals surface area contributed by atoms with Crippen molar-refractivity contribution in [2.75, 3.05) is 32.8 Å². The molecule has 2 amide bonds. The zero-order chi connectivity index (χ0) is 19.2. The summed E-state index contributed by atoms with van der Waals surface area (Å²) in [5.74, 6) is 0.0442. The predicted octanol–water partition coefficient (Wildman–Crippen LogP) is 3.21. The number of hydrogen-bond acceptors (Lipinski definition) is 3. The molecule has 1 saturated heterocycles. The number of nitrogens with zero attached hydrogens (tertiary/aromatic N) is 2. The Kier molecular flexibility index (Phi) is 6.06. The molecular weight excluding hydrogens is 347 g/mol. The Labute approximate surface area is 158 Å². The molecule has 27 heavy (non-hydrogen) atoms. The highest BCUT2D eigenvalue weighted by molar-refractivity contribution is 5.95. The summed E-state index contributed by atoms with van der Waals surface area (Å²) in [4.78, 5) is 28.8. The van der Waals surface area contributed by atoms with Gasteiger partial charge in [0.1, 0.15) is 11.6 Å². The van der Waals surface area contributed by atoms with Crippen molar-refractivity contribution >= 4 is 11.8 Å². The molecule has 142 valence electrons. The average molecular weight is 370 g/mol. The minimum absolute atomic E-state index is 0.0573. The van der Waals surface area contributed by atoms with Crippen molar-refractivity contribution in [1.29, 1.82) is 0 Å². The van der Waals surface area contributed by atoms with E-state index >= 15 is 0 Å².